The van der Waals surface area contributed by atoms with E-state index < -0.39 is 0 Å². The SMILES string of the molecule is COc1cc(C(=O)NCCCCOc2ccccc2)cc2c1OCCO2. The number of nitrogens with one attached hydrogen (secondary N) is 1. The first-order valence-corrected chi connectivity index (χ1v) is 8.71. The fourth-order valence-electron chi connectivity index (χ4n) is 2.64. The summed E-state index contributed by atoms with van der Waals surface area (Å²) in [5.41, 5.74) is 0.492. The molecule has 1 aliphatic rings. The highest BCUT2D eigenvalue weighted by Crippen LogP contribution is 2.40. The Kier molecular flexibility index (Phi) is 6.19. The van der Waals surface area contributed by atoms with Crippen LogP contribution in [0.5, 0.6) is 23.0 Å². The van der Waals surface area contributed by atoms with Gasteiger partial charge in [0, 0.05) is 12.1 Å². The Morgan fingerprint density at radius 3 is 2.73 bits per heavy atom. The highest BCUT2D eigenvalue weighted by Gasteiger charge is 2.20. The van der Waals surface area contributed by atoms with Crippen molar-refractivity contribution in [3.63, 3.8) is 0 Å². The normalized spacial score (nSPS) is 12.3. The minimum absolute atomic E-state index is 0.163. The topological polar surface area (TPSA) is 66.0 Å². The van der Waals surface area contributed by atoms with Gasteiger partial charge in [-0.15, -0.1) is 0 Å². The van der Waals surface area contributed by atoms with Gasteiger partial charge in [-0.2, -0.15) is 0 Å². The van der Waals surface area contributed by atoms with Crippen molar-refractivity contribution in [1.82, 2.24) is 5.32 Å². The molecule has 2 aromatic carbocycles. The van der Waals surface area contributed by atoms with Gasteiger partial charge in [0.15, 0.2) is 11.5 Å². The molecule has 0 aliphatic carbocycles. The number of rotatable bonds is 8. The maximum Gasteiger partial charge on any atom is 0.251 e. The number of hydrogen-bond acceptors (Lipinski definition) is 5. The zero-order chi connectivity index (χ0) is 18.2. The van der Waals surface area contributed by atoms with E-state index in [2.05, 4.69) is 5.32 Å². The third-order valence-corrected chi connectivity index (χ3v) is 3.96. The number of fused-ring (bicyclic) bond motifs is 1. The van der Waals surface area contributed by atoms with Crippen LogP contribution in [0.4, 0.5) is 0 Å². The molecule has 0 atom stereocenters. The molecule has 2 aromatic rings. The van der Waals surface area contributed by atoms with E-state index in [1.54, 1.807) is 19.2 Å². The Bertz CT molecular complexity index is 715. The van der Waals surface area contributed by atoms with Gasteiger partial charge in [0.25, 0.3) is 5.91 Å². The Hall–Kier alpha value is -2.89. The minimum Gasteiger partial charge on any atom is -0.494 e. The second-order valence-corrected chi connectivity index (χ2v) is 5.83. The van der Waals surface area contributed by atoms with Gasteiger partial charge in [0.05, 0.1) is 13.7 Å². The molecule has 0 spiro atoms. The lowest BCUT2D eigenvalue weighted by Crippen LogP contribution is -2.25. The van der Waals surface area contributed by atoms with Gasteiger partial charge in [0.2, 0.25) is 5.75 Å². The molecule has 1 aliphatic heterocycles. The van der Waals surface area contributed by atoms with Crippen LogP contribution in [-0.4, -0.2) is 39.4 Å². The number of carbonyl (C=O) groups is 1. The summed E-state index contributed by atoms with van der Waals surface area (Å²) in [6.45, 7) is 2.13. The summed E-state index contributed by atoms with van der Waals surface area (Å²) in [5, 5.41) is 2.91. The van der Waals surface area contributed by atoms with Crippen molar-refractivity contribution in [2.75, 3.05) is 33.5 Å². The molecule has 0 unspecified atom stereocenters. The van der Waals surface area contributed by atoms with Gasteiger partial charge in [-0.05, 0) is 37.1 Å². The minimum atomic E-state index is -0.163. The van der Waals surface area contributed by atoms with Gasteiger partial charge < -0.3 is 24.3 Å². The largest absolute Gasteiger partial charge is 0.494 e. The number of methoxy groups -OCH3 is 1. The maximum absolute atomic E-state index is 12.4. The van der Waals surface area contributed by atoms with Crippen LogP contribution in [-0.2, 0) is 0 Å². The summed E-state index contributed by atoms with van der Waals surface area (Å²) in [7, 11) is 1.54. The Labute approximate surface area is 153 Å². The lowest BCUT2D eigenvalue weighted by Gasteiger charge is -2.21. The molecule has 138 valence electrons. The average Bonchev–Trinajstić information content (AvgIpc) is 2.70. The summed E-state index contributed by atoms with van der Waals surface area (Å²) in [4.78, 5) is 12.4. The van der Waals surface area contributed by atoms with E-state index in [-0.39, 0.29) is 5.91 Å². The number of para-hydroxylation sites is 1. The van der Waals surface area contributed by atoms with Crippen molar-refractivity contribution in [1.29, 1.82) is 0 Å². The van der Waals surface area contributed by atoms with Crippen LogP contribution in [0.2, 0.25) is 0 Å². The van der Waals surface area contributed by atoms with Crippen LogP contribution in [0, 0.1) is 0 Å². The summed E-state index contributed by atoms with van der Waals surface area (Å²) in [5.74, 6) is 2.29. The summed E-state index contributed by atoms with van der Waals surface area (Å²) in [6, 6.07) is 13.0. The molecule has 1 N–H and O–H groups in total. The average molecular weight is 357 g/mol. The van der Waals surface area contributed by atoms with E-state index in [9.17, 15) is 4.79 Å². The van der Waals surface area contributed by atoms with Crippen molar-refractivity contribution in [2.45, 2.75) is 12.8 Å². The van der Waals surface area contributed by atoms with Crippen LogP contribution < -0.4 is 24.3 Å². The van der Waals surface area contributed by atoms with Crippen molar-refractivity contribution in [3.05, 3.63) is 48.0 Å². The number of ether oxygens (including phenoxy) is 4. The Morgan fingerprint density at radius 2 is 1.92 bits per heavy atom. The van der Waals surface area contributed by atoms with Gasteiger partial charge in [0.1, 0.15) is 19.0 Å². The smallest absolute Gasteiger partial charge is 0.251 e. The van der Waals surface area contributed by atoms with Crippen LogP contribution >= 0.6 is 0 Å². The van der Waals surface area contributed by atoms with Crippen LogP contribution in [0.25, 0.3) is 0 Å². The van der Waals surface area contributed by atoms with E-state index in [1.807, 2.05) is 30.3 Å². The summed E-state index contributed by atoms with van der Waals surface area (Å²) >= 11 is 0. The van der Waals surface area contributed by atoms with Crippen LogP contribution in [0.3, 0.4) is 0 Å². The second kappa shape index (κ2) is 8.99. The van der Waals surface area contributed by atoms with Gasteiger partial charge in [-0.1, -0.05) is 18.2 Å². The second-order valence-electron chi connectivity index (χ2n) is 5.83. The maximum atomic E-state index is 12.4. The molecule has 0 saturated heterocycles. The van der Waals surface area contributed by atoms with Crippen LogP contribution in [0.15, 0.2) is 42.5 Å². The Balaban J connectivity index is 1.45. The molecule has 0 radical (unpaired) electrons. The highest BCUT2D eigenvalue weighted by atomic mass is 16.6. The molecular weight excluding hydrogens is 334 g/mol. The molecule has 26 heavy (non-hydrogen) atoms. The molecule has 0 aromatic heterocycles. The first-order chi connectivity index (χ1) is 12.8. The molecule has 0 fully saturated rings. The van der Waals surface area contributed by atoms with Gasteiger partial charge >= 0.3 is 0 Å². The van der Waals surface area contributed by atoms with Gasteiger partial charge in [-0.25, -0.2) is 0 Å². The summed E-state index contributed by atoms with van der Waals surface area (Å²) < 4.78 is 22.0. The lowest BCUT2D eigenvalue weighted by atomic mass is 10.1. The predicted octanol–water partition coefficient (Wildman–Crippen LogP) is 3.06. The fraction of sp³-hybridized carbons (Fsp3) is 0.350. The number of amides is 1. The molecule has 0 saturated carbocycles. The molecule has 6 heteroatoms. The predicted molar refractivity (Wildman–Crippen MR) is 97.5 cm³/mol. The standard InChI is InChI=1S/C20H23NO5/c1-23-17-13-15(14-18-19(17)26-12-11-25-18)20(22)21-9-5-6-10-24-16-7-3-2-4-8-16/h2-4,7-8,13-14H,5-6,9-12H2,1H3,(H,21,22). The molecule has 1 heterocycles. The summed E-state index contributed by atoms with van der Waals surface area (Å²) in [6.07, 6.45) is 1.69. The molecule has 1 amide bonds. The van der Waals surface area contributed by atoms with Crippen LogP contribution in [0.1, 0.15) is 23.2 Å². The van der Waals surface area contributed by atoms with E-state index in [0.29, 0.717) is 49.2 Å². The monoisotopic (exact) mass is 357 g/mol. The number of hydrogen-bond donors (Lipinski definition) is 1. The number of carbonyl (C=O) groups excluding carboxylic acids is 1. The zero-order valence-electron chi connectivity index (χ0n) is 14.8. The number of benzene rings is 2. The van der Waals surface area contributed by atoms with Crippen molar-refractivity contribution in [3.8, 4) is 23.0 Å². The van der Waals surface area contributed by atoms with E-state index in [4.69, 9.17) is 18.9 Å². The highest BCUT2D eigenvalue weighted by molar-refractivity contribution is 5.95. The Morgan fingerprint density at radius 1 is 1.12 bits per heavy atom. The molecule has 6 nitrogen and oxygen atoms in total. The van der Waals surface area contributed by atoms with Crippen molar-refractivity contribution in [2.24, 2.45) is 0 Å². The fourth-order valence-corrected chi connectivity index (χ4v) is 2.64. The van der Waals surface area contributed by atoms with Gasteiger partial charge in [-0.3, -0.25) is 4.79 Å². The van der Waals surface area contributed by atoms with E-state index >= 15 is 0 Å². The van der Waals surface area contributed by atoms with E-state index in [1.165, 1.54) is 0 Å². The lowest BCUT2D eigenvalue weighted by molar-refractivity contribution is 0.0950. The zero-order valence-corrected chi connectivity index (χ0v) is 14.8. The molecular formula is C20H23NO5. The first kappa shape index (κ1) is 17.9. The van der Waals surface area contributed by atoms with Crippen molar-refractivity contribution >= 4 is 5.91 Å². The molecule has 3 rings (SSSR count). The third-order valence-electron chi connectivity index (χ3n) is 3.96. The molecule has 0 bridgehead atoms. The van der Waals surface area contributed by atoms with E-state index in [0.717, 1.165) is 18.6 Å². The quantitative estimate of drug-likeness (QED) is 0.736. The third kappa shape index (κ3) is 4.59. The number of unbranched alkanes of at least 4 members (excludes halogenated alkanes) is 1. The van der Waals surface area contributed by atoms with Crippen molar-refractivity contribution < 1.29 is 23.7 Å². The first-order valence-electron chi connectivity index (χ1n) is 8.71.